The van der Waals surface area contributed by atoms with Gasteiger partial charge in [-0.05, 0) is 80.1 Å². The van der Waals surface area contributed by atoms with E-state index < -0.39 is 12.1 Å². The minimum Gasteiger partial charge on any atom is -0.492 e. The van der Waals surface area contributed by atoms with Crippen LogP contribution < -0.4 is 10.1 Å². The van der Waals surface area contributed by atoms with Crippen molar-refractivity contribution in [1.82, 2.24) is 15.1 Å². The van der Waals surface area contributed by atoms with Crippen LogP contribution in [0.25, 0.3) is 22.4 Å². The summed E-state index contributed by atoms with van der Waals surface area (Å²) in [6.45, 7) is 8.86. The van der Waals surface area contributed by atoms with Crippen molar-refractivity contribution in [2.45, 2.75) is 59.7 Å². The van der Waals surface area contributed by atoms with Crippen LogP contribution in [0.4, 0.5) is 4.79 Å². The van der Waals surface area contributed by atoms with Crippen LogP contribution in [0.5, 0.6) is 5.75 Å². The highest BCUT2D eigenvalue weighted by Gasteiger charge is 2.12. The molecule has 0 saturated carbocycles. The lowest BCUT2D eigenvalue weighted by atomic mass is 9.99. The minimum atomic E-state index is -0.875. The predicted octanol–water partition coefficient (Wildman–Crippen LogP) is 6.56. The zero-order valence-electron chi connectivity index (χ0n) is 24.0. The van der Waals surface area contributed by atoms with E-state index in [0.717, 1.165) is 28.1 Å². The molecule has 0 aliphatic heterocycles. The van der Waals surface area contributed by atoms with Crippen molar-refractivity contribution < 1.29 is 24.2 Å². The Morgan fingerprint density at radius 2 is 1.68 bits per heavy atom. The van der Waals surface area contributed by atoms with E-state index in [1.165, 1.54) is 16.7 Å². The topological polar surface area (TPSA) is 103 Å². The van der Waals surface area contributed by atoms with Gasteiger partial charge in [-0.2, -0.15) is 5.10 Å². The molecule has 0 aliphatic carbocycles. The summed E-state index contributed by atoms with van der Waals surface area (Å²) in [5.74, 6) is -0.241. The second kappa shape index (κ2) is 13.7. The van der Waals surface area contributed by atoms with Crippen molar-refractivity contribution in [2.24, 2.45) is 0 Å². The largest absolute Gasteiger partial charge is 0.492 e. The van der Waals surface area contributed by atoms with Gasteiger partial charge in [-0.15, -0.1) is 0 Å². The standard InChI is InChI=1S/C33H37N3O5/c1-22(2)41-33(39)34-21-28-20-29(15-13-25(28)14-16-32(37)38)40-18-17-36-24(4)19-31(35-36)27-11-9-26(10-12-27)30-8-6-5-7-23(30)3/h5-13,15,19-20,22H,14,16-18,21H2,1-4H3,(H,34,39)(H,37,38). The number of nitrogens with zero attached hydrogens (tertiary/aromatic N) is 2. The Morgan fingerprint density at radius 1 is 0.951 bits per heavy atom. The van der Waals surface area contributed by atoms with Crippen LogP contribution in [0.3, 0.4) is 0 Å². The Bertz CT molecular complexity index is 1490. The number of rotatable bonds is 12. The molecule has 2 N–H and O–H groups in total. The fraction of sp³-hybridized carbons (Fsp3) is 0.303. The molecule has 0 spiro atoms. The number of carbonyl (C=O) groups is 2. The number of ether oxygens (including phenoxy) is 2. The number of aromatic nitrogens is 2. The second-order valence-electron chi connectivity index (χ2n) is 10.3. The first kappa shape index (κ1) is 29.4. The molecule has 0 fully saturated rings. The first-order valence-electron chi connectivity index (χ1n) is 13.8. The van der Waals surface area contributed by atoms with Gasteiger partial charge in [0.25, 0.3) is 0 Å². The molecular weight excluding hydrogens is 518 g/mol. The molecule has 41 heavy (non-hydrogen) atoms. The number of aryl methyl sites for hydroxylation is 3. The molecule has 8 nitrogen and oxygen atoms in total. The fourth-order valence-electron chi connectivity index (χ4n) is 4.61. The lowest BCUT2D eigenvalue weighted by Crippen LogP contribution is -2.26. The molecule has 214 valence electrons. The minimum absolute atomic E-state index is 0.000817. The van der Waals surface area contributed by atoms with Gasteiger partial charge >= 0.3 is 12.1 Å². The van der Waals surface area contributed by atoms with Crippen LogP contribution >= 0.6 is 0 Å². The third-order valence-electron chi connectivity index (χ3n) is 6.74. The van der Waals surface area contributed by atoms with E-state index in [1.54, 1.807) is 13.8 Å². The number of alkyl carbamates (subject to hydrolysis) is 1. The second-order valence-corrected chi connectivity index (χ2v) is 10.3. The van der Waals surface area contributed by atoms with E-state index in [-0.39, 0.29) is 19.1 Å². The average Bonchev–Trinajstić information content (AvgIpc) is 3.31. The summed E-state index contributed by atoms with van der Waals surface area (Å²) in [5, 5.41) is 16.6. The Hall–Kier alpha value is -4.59. The molecule has 1 amide bonds. The van der Waals surface area contributed by atoms with Gasteiger partial charge < -0.3 is 19.9 Å². The molecule has 4 aromatic rings. The van der Waals surface area contributed by atoms with Crippen molar-refractivity contribution in [3.63, 3.8) is 0 Å². The number of amides is 1. The lowest BCUT2D eigenvalue weighted by molar-refractivity contribution is -0.136. The van der Waals surface area contributed by atoms with Crippen LogP contribution in [0, 0.1) is 13.8 Å². The van der Waals surface area contributed by atoms with E-state index >= 15 is 0 Å². The normalized spacial score (nSPS) is 11.0. The molecule has 0 unspecified atom stereocenters. The number of hydrogen-bond donors (Lipinski definition) is 2. The highest BCUT2D eigenvalue weighted by atomic mass is 16.6. The number of carboxylic acid groups (broad SMARTS) is 1. The van der Waals surface area contributed by atoms with Crippen molar-refractivity contribution in [2.75, 3.05) is 6.61 Å². The van der Waals surface area contributed by atoms with Crippen molar-refractivity contribution >= 4 is 12.1 Å². The third-order valence-corrected chi connectivity index (χ3v) is 6.74. The Kier molecular flexibility index (Phi) is 9.79. The molecule has 3 aromatic carbocycles. The molecule has 0 atom stereocenters. The van der Waals surface area contributed by atoms with E-state index in [1.807, 2.05) is 35.9 Å². The molecule has 0 saturated heterocycles. The van der Waals surface area contributed by atoms with E-state index in [9.17, 15) is 9.59 Å². The van der Waals surface area contributed by atoms with Gasteiger partial charge in [0, 0.05) is 24.2 Å². The number of hydrogen-bond acceptors (Lipinski definition) is 5. The fourth-order valence-corrected chi connectivity index (χ4v) is 4.61. The van der Waals surface area contributed by atoms with Gasteiger partial charge in [-0.1, -0.05) is 54.6 Å². The first-order valence-corrected chi connectivity index (χ1v) is 13.8. The van der Waals surface area contributed by atoms with E-state index in [4.69, 9.17) is 19.7 Å². The highest BCUT2D eigenvalue weighted by molar-refractivity contribution is 5.71. The molecule has 4 rings (SSSR count). The maximum absolute atomic E-state index is 12.0. The Morgan fingerprint density at radius 3 is 2.39 bits per heavy atom. The molecule has 1 aromatic heterocycles. The summed E-state index contributed by atoms with van der Waals surface area (Å²) in [6.07, 6.45) is -0.405. The van der Waals surface area contributed by atoms with Crippen LogP contribution in [0.15, 0.2) is 72.8 Å². The summed E-state index contributed by atoms with van der Waals surface area (Å²) in [7, 11) is 0. The van der Waals surface area contributed by atoms with Gasteiger partial charge in [-0.25, -0.2) is 4.79 Å². The third kappa shape index (κ3) is 8.20. The van der Waals surface area contributed by atoms with E-state index in [2.05, 4.69) is 60.8 Å². The summed E-state index contributed by atoms with van der Waals surface area (Å²) in [4.78, 5) is 23.1. The van der Waals surface area contributed by atoms with Crippen molar-refractivity contribution in [1.29, 1.82) is 0 Å². The van der Waals surface area contributed by atoms with Crippen LogP contribution in [0.1, 0.15) is 42.7 Å². The molecular formula is C33H37N3O5. The Labute approximate surface area is 240 Å². The maximum atomic E-state index is 12.0. The van der Waals surface area contributed by atoms with Gasteiger partial charge in [-0.3, -0.25) is 9.48 Å². The van der Waals surface area contributed by atoms with Gasteiger partial charge in [0.2, 0.25) is 0 Å². The van der Waals surface area contributed by atoms with Crippen molar-refractivity contribution in [3.05, 3.63) is 95.2 Å². The summed E-state index contributed by atoms with van der Waals surface area (Å²) in [5.41, 5.74) is 8.26. The zero-order valence-corrected chi connectivity index (χ0v) is 24.0. The van der Waals surface area contributed by atoms with Crippen LogP contribution in [-0.4, -0.2) is 39.7 Å². The number of carboxylic acids is 1. The number of nitrogens with one attached hydrogen (secondary N) is 1. The monoisotopic (exact) mass is 555 g/mol. The number of carbonyl (C=O) groups excluding carboxylic acids is 1. The summed E-state index contributed by atoms with van der Waals surface area (Å²) < 4.78 is 13.1. The molecule has 1 heterocycles. The smallest absolute Gasteiger partial charge is 0.407 e. The number of benzene rings is 3. The summed E-state index contributed by atoms with van der Waals surface area (Å²) >= 11 is 0. The SMILES string of the molecule is Cc1ccccc1-c1ccc(-c2cc(C)n(CCOc3ccc(CCC(=O)O)c(CNC(=O)OC(C)C)c3)n2)cc1. The lowest BCUT2D eigenvalue weighted by Gasteiger charge is -2.14. The number of aliphatic carboxylic acids is 1. The van der Waals surface area contributed by atoms with E-state index in [0.29, 0.717) is 25.3 Å². The molecule has 0 bridgehead atoms. The van der Waals surface area contributed by atoms with Crippen LogP contribution in [-0.2, 0) is 29.0 Å². The molecule has 8 heteroatoms. The average molecular weight is 556 g/mol. The van der Waals surface area contributed by atoms with Crippen LogP contribution in [0.2, 0.25) is 0 Å². The first-order chi connectivity index (χ1) is 19.7. The van der Waals surface area contributed by atoms with Gasteiger partial charge in [0.05, 0.1) is 18.3 Å². The highest BCUT2D eigenvalue weighted by Crippen LogP contribution is 2.27. The quantitative estimate of drug-likeness (QED) is 0.205. The summed E-state index contributed by atoms with van der Waals surface area (Å²) in [6, 6.07) is 24.4. The Balaban J connectivity index is 1.39. The molecule has 0 radical (unpaired) electrons. The zero-order chi connectivity index (χ0) is 29.4. The maximum Gasteiger partial charge on any atom is 0.407 e. The van der Waals surface area contributed by atoms with Gasteiger partial charge in [0.15, 0.2) is 0 Å². The predicted molar refractivity (Wildman–Crippen MR) is 159 cm³/mol. The van der Waals surface area contributed by atoms with Gasteiger partial charge in [0.1, 0.15) is 12.4 Å². The van der Waals surface area contributed by atoms with Crippen molar-refractivity contribution in [3.8, 4) is 28.1 Å². The molecule has 0 aliphatic rings.